The van der Waals surface area contributed by atoms with Gasteiger partial charge in [-0.1, -0.05) is 12.1 Å². The van der Waals surface area contributed by atoms with E-state index in [2.05, 4.69) is 5.10 Å². The Labute approximate surface area is 115 Å². The number of hydrogen-bond donors (Lipinski definition) is 0. The van der Waals surface area contributed by atoms with Crippen molar-refractivity contribution in [2.24, 2.45) is 0 Å². The molecule has 0 saturated heterocycles. The summed E-state index contributed by atoms with van der Waals surface area (Å²) in [5, 5.41) is 15.2. The van der Waals surface area contributed by atoms with E-state index in [1.807, 2.05) is 30.5 Å². The number of rotatable bonds is 4. The van der Waals surface area contributed by atoms with Gasteiger partial charge in [0.25, 0.3) is 0 Å². The third-order valence-corrected chi connectivity index (χ3v) is 3.76. The minimum absolute atomic E-state index is 0.112. The summed E-state index contributed by atoms with van der Waals surface area (Å²) in [7, 11) is 0. The molecule has 0 amide bonds. The van der Waals surface area contributed by atoms with Crippen molar-refractivity contribution in [3.63, 3.8) is 0 Å². The molecule has 0 N–H and O–H groups in total. The summed E-state index contributed by atoms with van der Waals surface area (Å²) in [5.41, 5.74) is 2.25. The van der Waals surface area contributed by atoms with Gasteiger partial charge in [-0.15, -0.1) is 11.8 Å². The summed E-state index contributed by atoms with van der Waals surface area (Å²) in [4.78, 5) is 11.8. The van der Waals surface area contributed by atoms with Gasteiger partial charge in [-0.3, -0.25) is 14.8 Å². The molecule has 0 unspecified atom stereocenters. The van der Waals surface area contributed by atoms with Crippen molar-refractivity contribution in [3.05, 3.63) is 51.3 Å². The van der Waals surface area contributed by atoms with Crippen LogP contribution in [0.1, 0.15) is 17.0 Å². The van der Waals surface area contributed by atoms with E-state index in [9.17, 15) is 10.1 Å². The maximum absolute atomic E-state index is 10.9. The van der Waals surface area contributed by atoms with Gasteiger partial charge < -0.3 is 0 Å². The van der Waals surface area contributed by atoms with Crippen LogP contribution in [0.3, 0.4) is 0 Å². The van der Waals surface area contributed by atoms with Crippen molar-refractivity contribution in [2.45, 2.75) is 25.3 Å². The van der Waals surface area contributed by atoms with Gasteiger partial charge in [0, 0.05) is 4.90 Å². The molecule has 1 heterocycles. The van der Waals surface area contributed by atoms with Crippen molar-refractivity contribution >= 4 is 17.4 Å². The number of aryl methyl sites for hydroxylation is 1. The topological polar surface area (TPSA) is 61.0 Å². The zero-order valence-electron chi connectivity index (χ0n) is 11.1. The normalized spacial score (nSPS) is 10.7. The van der Waals surface area contributed by atoms with Crippen LogP contribution in [0, 0.1) is 24.0 Å². The van der Waals surface area contributed by atoms with Crippen molar-refractivity contribution in [1.29, 1.82) is 0 Å². The second-order valence-corrected chi connectivity index (χ2v) is 5.16. The number of aromatic nitrogens is 2. The third kappa shape index (κ3) is 2.78. The van der Waals surface area contributed by atoms with Crippen molar-refractivity contribution in [3.8, 4) is 0 Å². The molecule has 0 aliphatic rings. The Hall–Kier alpha value is -1.82. The minimum Gasteiger partial charge on any atom is -0.258 e. The average Bonchev–Trinajstić information content (AvgIpc) is 2.65. The predicted molar refractivity (Wildman–Crippen MR) is 75.7 cm³/mol. The first kappa shape index (κ1) is 13.6. The van der Waals surface area contributed by atoms with E-state index in [0.717, 1.165) is 5.56 Å². The smallest absolute Gasteiger partial charge is 0.258 e. The van der Waals surface area contributed by atoms with Crippen LogP contribution < -0.4 is 0 Å². The van der Waals surface area contributed by atoms with Crippen LogP contribution in [0.25, 0.3) is 0 Å². The van der Waals surface area contributed by atoms with Crippen molar-refractivity contribution in [2.75, 3.05) is 6.26 Å². The highest BCUT2D eigenvalue weighted by atomic mass is 32.2. The summed E-state index contributed by atoms with van der Waals surface area (Å²) in [6.45, 7) is 3.95. The minimum atomic E-state index is -0.370. The van der Waals surface area contributed by atoms with Gasteiger partial charge in [0.1, 0.15) is 11.4 Å². The van der Waals surface area contributed by atoms with Gasteiger partial charge in [0.05, 0.1) is 11.5 Å². The number of nitrogens with zero attached hydrogens (tertiary/aromatic N) is 3. The van der Waals surface area contributed by atoms with Gasteiger partial charge in [0.2, 0.25) is 0 Å². The molecule has 0 saturated carbocycles. The van der Waals surface area contributed by atoms with Gasteiger partial charge in [-0.25, -0.2) is 0 Å². The second-order valence-electron chi connectivity index (χ2n) is 4.28. The lowest BCUT2D eigenvalue weighted by molar-refractivity contribution is -0.386. The summed E-state index contributed by atoms with van der Waals surface area (Å²) >= 11 is 1.69. The molecule has 5 nitrogen and oxygen atoms in total. The summed E-state index contributed by atoms with van der Waals surface area (Å²) in [6, 6.07) is 8.13. The van der Waals surface area contributed by atoms with Gasteiger partial charge in [0.15, 0.2) is 0 Å². The fourth-order valence-electron chi connectivity index (χ4n) is 2.01. The van der Waals surface area contributed by atoms with E-state index >= 15 is 0 Å². The molecule has 1 aromatic carbocycles. The van der Waals surface area contributed by atoms with E-state index in [4.69, 9.17) is 0 Å². The fraction of sp³-hybridized carbons (Fsp3) is 0.308. The number of benzene rings is 1. The lowest BCUT2D eigenvalue weighted by Crippen LogP contribution is -2.04. The molecule has 1 aromatic heterocycles. The summed E-state index contributed by atoms with van der Waals surface area (Å²) < 4.78 is 1.68. The molecule has 6 heteroatoms. The Bertz CT molecular complexity index is 605. The zero-order valence-corrected chi connectivity index (χ0v) is 11.9. The molecule has 2 rings (SSSR count). The van der Waals surface area contributed by atoms with Gasteiger partial charge in [-0.2, -0.15) is 5.10 Å². The number of nitro groups is 1. The first-order chi connectivity index (χ1) is 9.02. The van der Waals surface area contributed by atoms with Crippen LogP contribution in [0.2, 0.25) is 0 Å². The van der Waals surface area contributed by atoms with E-state index < -0.39 is 0 Å². The molecule has 2 aromatic rings. The van der Waals surface area contributed by atoms with Crippen LogP contribution in [0.5, 0.6) is 0 Å². The van der Waals surface area contributed by atoms with Gasteiger partial charge >= 0.3 is 5.69 Å². The molecule has 0 atom stereocenters. The van der Waals surface area contributed by atoms with Crippen molar-refractivity contribution in [1.82, 2.24) is 9.78 Å². The highest BCUT2D eigenvalue weighted by Gasteiger charge is 2.21. The van der Waals surface area contributed by atoms with Crippen LogP contribution in [0.4, 0.5) is 5.69 Å². The standard InChI is InChI=1S/C13H15N3O2S/c1-9-13(16(17)18)10(2)15(14-9)8-11-4-6-12(19-3)7-5-11/h4-7H,8H2,1-3H3. The quantitative estimate of drug-likeness (QED) is 0.489. The molecule has 0 aliphatic carbocycles. The Morgan fingerprint density at radius 1 is 1.32 bits per heavy atom. The fourth-order valence-corrected chi connectivity index (χ4v) is 2.42. The second kappa shape index (κ2) is 5.44. The molecule has 100 valence electrons. The van der Waals surface area contributed by atoms with Crippen LogP contribution in [-0.4, -0.2) is 21.0 Å². The van der Waals surface area contributed by atoms with E-state index in [0.29, 0.717) is 17.9 Å². The average molecular weight is 277 g/mol. The van der Waals surface area contributed by atoms with Crippen LogP contribution >= 0.6 is 11.8 Å². The first-order valence-electron chi connectivity index (χ1n) is 5.84. The predicted octanol–water partition coefficient (Wildman–Crippen LogP) is 3.18. The van der Waals surface area contributed by atoms with Crippen LogP contribution in [-0.2, 0) is 6.54 Å². The molecular weight excluding hydrogens is 262 g/mol. The zero-order chi connectivity index (χ0) is 14.0. The molecule has 19 heavy (non-hydrogen) atoms. The maximum atomic E-state index is 10.9. The third-order valence-electron chi connectivity index (χ3n) is 3.02. The van der Waals surface area contributed by atoms with Crippen LogP contribution in [0.15, 0.2) is 29.2 Å². The molecule has 0 fully saturated rings. The van der Waals surface area contributed by atoms with E-state index in [1.165, 1.54) is 4.90 Å². The highest BCUT2D eigenvalue weighted by molar-refractivity contribution is 7.98. The van der Waals surface area contributed by atoms with Crippen molar-refractivity contribution < 1.29 is 4.92 Å². The number of thioether (sulfide) groups is 1. The Balaban J connectivity index is 2.28. The Morgan fingerprint density at radius 3 is 2.42 bits per heavy atom. The molecule has 0 bridgehead atoms. The first-order valence-corrected chi connectivity index (χ1v) is 7.06. The molecule has 0 spiro atoms. The molecular formula is C13H15N3O2S. The largest absolute Gasteiger partial charge is 0.312 e. The molecule has 0 aliphatic heterocycles. The summed E-state index contributed by atoms with van der Waals surface area (Å²) in [6.07, 6.45) is 2.03. The highest BCUT2D eigenvalue weighted by Crippen LogP contribution is 2.23. The van der Waals surface area contributed by atoms with E-state index in [1.54, 1.807) is 30.3 Å². The lowest BCUT2D eigenvalue weighted by atomic mass is 10.2. The molecule has 0 radical (unpaired) electrons. The summed E-state index contributed by atoms with van der Waals surface area (Å²) in [5.74, 6) is 0. The SMILES string of the molecule is CSc1ccc(Cn2nc(C)c([N+](=O)[O-])c2C)cc1. The maximum Gasteiger partial charge on any atom is 0.312 e. The lowest BCUT2D eigenvalue weighted by Gasteiger charge is -2.04. The van der Waals surface area contributed by atoms with Gasteiger partial charge in [-0.05, 0) is 37.8 Å². The van der Waals surface area contributed by atoms with E-state index in [-0.39, 0.29) is 10.6 Å². The Morgan fingerprint density at radius 2 is 1.95 bits per heavy atom. The number of hydrogen-bond acceptors (Lipinski definition) is 4. The monoisotopic (exact) mass is 277 g/mol. The Kier molecular flexibility index (Phi) is 3.90.